The van der Waals surface area contributed by atoms with Gasteiger partial charge in [-0.2, -0.15) is 0 Å². The fourth-order valence-corrected chi connectivity index (χ4v) is 3.35. The molecule has 7 heteroatoms. The first-order valence-electron chi connectivity index (χ1n) is 9.10. The molecular formula is C21H21FN2O4. The molecule has 3 rings (SSSR count). The lowest BCUT2D eigenvalue weighted by Gasteiger charge is -2.21. The molecule has 1 saturated heterocycles. The summed E-state index contributed by atoms with van der Waals surface area (Å²) < 4.78 is 13.1. The van der Waals surface area contributed by atoms with Crippen LogP contribution in [-0.4, -0.2) is 29.4 Å². The number of aliphatic carboxylic acids is 1. The van der Waals surface area contributed by atoms with Crippen LogP contribution in [0.3, 0.4) is 0 Å². The molecule has 0 bridgehead atoms. The predicted molar refractivity (Wildman–Crippen MR) is 101 cm³/mol. The van der Waals surface area contributed by atoms with Crippen LogP contribution in [-0.2, 0) is 14.4 Å². The van der Waals surface area contributed by atoms with Gasteiger partial charge in [-0.15, -0.1) is 0 Å². The van der Waals surface area contributed by atoms with Crippen molar-refractivity contribution in [2.75, 3.05) is 11.4 Å². The largest absolute Gasteiger partial charge is 0.481 e. The molecule has 1 aliphatic heterocycles. The van der Waals surface area contributed by atoms with E-state index in [0.29, 0.717) is 18.7 Å². The summed E-state index contributed by atoms with van der Waals surface area (Å²) in [7, 11) is 0. The maximum atomic E-state index is 13.1. The third kappa shape index (κ3) is 4.54. The molecule has 6 nitrogen and oxygen atoms in total. The average molecular weight is 384 g/mol. The number of hydrogen-bond acceptors (Lipinski definition) is 3. The van der Waals surface area contributed by atoms with Gasteiger partial charge in [0.15, 0.2) is 0 Å². The Balaban J connectivity index is 1.70. The van der Waals surface area contributed by atoms with Gasteiger partial charge in [0.1, 0.15) is 11.7 Å². The lowest BCUT2D eigenvalue weighted by atomic mass is 10.00. The van der Waals surface area contributed by atoms with Crippen LogP contribution in [0.15, 0.2) is 54.6 Å². The van der Waals surface area contributed by atoms with Crippen LogP contribution < -0.4 is 10.2 Å². The molecule has 2 aromatic carbocycles. The van der Waals surface area contributed by atoms with Crippen molar-refractivity contribution < 1.29 is 23.9 Å². The number of benzene rings is 2. The highest BCUT2D eigenvalue weighted by Gasteiger charge is 2.38. The minimum Gasteiger partial charge on any atom is -0.481 e. The summed E-state index contributed by atoms with van der Waals surface area (Å²) in [5.41, 5.74) is 1.34. The van der Waals surface area contributed by atoms with Crippen molar-refractivity contribution in [1.29, 1.82) is 0 Å². The lowest BCUT2D eigenvalue weighted by Crippen LogP contribution is -2.38. The standard InChI is InChI=1S/C21H21FN2O4/c22-15-6-8-16(9-7-15)24-13-12-17(21(24)28)20(27)23-18(10-11-19(25)26)14-4-2-1-3-5-14/h1-9,17-18H,10-13H2,(H,23,27)(H,25,26). The van der Waals surface area contributed by atoms with Crippen molar-refractivity contribution in [2.45, 2.75) is 25.3 Å². The molecule has 146 valence electrons. The molecule has 2 atom stereocenters. The van der Waals surface area contributed by atoms with E-state index in [9.17, 15) is 18.8 Å². The summed E-state index contributed by atoms with van der Waals surface area (Å²) in [4.78, 5) is 37.9. The summed E-state index contributed by atoms with van der Waals surface area (Å²) in [6, 6.07) is 14.2. The Morgan fingerprint density at radius 2 is 1.82 bits per heavy atom. The summed E-state index contributed by atoms with van der Waals surface area (Å²) in [5.74, 6) is -2.95. The number of carboxylic acid groups (broad SMARTS) is 1. The fraction of sp³-hybridized carbons (Fsp3) is 0.286. The second kappa shape index (κ2) is 8.65. The molecule has 2 aromatic rings. The van der Waals surface area contributed by atoms with E-state index >= 15 is 0 Å². The SMILES string of the molecule is O=C(O)CCC(NC(=O)C1CCN(c2ccc(F)cc2)C1=O)c1ccccc1. The number of carbonyl (C=O) groups is 3. The maximum Gasteiger partial charge on any atom is 0.303 e. The van der Waals surface area contributed by atoms with E-state index < -0.39 is 29.7 Å². The van der Waals surface area contributed by atoms with Gasteiger partial charge in [0.25, 0.3) is 0 Å². The molecule has 0 saturated carbocycles. The smallest absolute Gasteiger partial charge is 0.303 e. The van der Waals surface area contributed by atoms with Gasteiger partial charge in [0.2, 0.25) is 11.8 Å². The van der Waals surface area contributed by atoms with Gasteiger partial charge in [0, 0.05) is 18.7 Å². The highest BCUT2D eigenvalue weighted by atomic mass is 19.1. The van der Waals surface area contributed by atoms with Crippen LogP contribution in [0.2, 0.25) is 0 Å². The zero-order valence-electron chi connectivity index (χ0n) is 15.2. The van der Waals surface area contributed by atoms with Gasteiger partial charge >= 0.3 is 5.97 Å². The first kappa shape index (κ1) is 19.5. The van der Waals surface area contributed by atoms with E-state index in [1.165, 1.54) is 29.2 Å². The normalized spacial score (nSPS) is 17.4. The van der Waals surface area contributed by atoms with Crippen molar-refractivity contribution in [3.05, 3.63) is 66.0 Å². The van der Waals surface area contributed by atoms with Crippen LogP contribution in [0, 0.1) is 11.7 Å². The fourth-order valence-electron chi connectivity index (χ4n) is 3.35. The number of rotatable bonds is 7. The molecule has 2 amide bonds. The minimum atomic E-state index is -0.949. The second-order valence-corrected chi connectivity index (χ2v) is 6.71. The van der Waals surface area contributed by atoms with Gasteiger partial charge in [-0.05, 0) is 42.7 Å². The first-order chi connectivity index (χ1) is 13.5. The maximum absolute atomic E-state index is 13.1. The molecule has 1 heterocycles. The summed E-state index contributed by atoms with van der Waals surface area (Å²) in [6.07, 6.45) is 0.482. The Kier molecular flexibility index (Phi) is 6.03. The molecule has 0 aromatic heterocycles. The Hall–Kier alpha value is -3.22. The van der Waals surface area contributed by atoms with Gasteiger partial charge < -0.3 is 15.3 Å². The minimum absolute atomic E-state index is 0.0971. The third-order valence-electron chi connectivity index (χ3n) is 4.83. The third-order valence-corrected chi connectivity index (χ3v) is 4.83. The van der Waals surface area contributed by atoms with E-state index in [1.54, 1.807) is 0 Å². The molecule has 0 spiro atoms. The number of nitrogens with one attached hydrogen (secondary N) is 1. The van der Waals surface area contributed by atoms with Gasteiger partial charge in [-0.1, -0.05) is 30.3 Å². The second-order valence-electron chi connectivity index (χ2n) is 6.71. The van der Waals surface area contributed by atoms with Gasteiger partial charge in [-0.3, -0.25) is 14.4 Å². The summed E-state index contributed by atoms with van der Waals surface area (Å²) in [6.45, 7) is 0.369. The highest BCUT2D eigenvalue weighted by Crippen LogP contribution is 2.27. The predicted octanol–water partition coefficient (Wildman–Crippen LogP) is 2.90. The molecule has 2 N–H and O–H groups in total. The van der Waals surface area contributed by atoms with Crippen LogP contribution in [0.4, 0.5) is 10.1 Å². The highest BCUT2D eigenvalue weighted by molar-refractivity contribution is 6.09. The van der Waals surface area contributed by atoms with Gasteiger partial charge in [-0.25, -0.2) is 4.39 Å². The molecule has 0 radical (unpaired) electrons. The van der Waals surface area contributed by atoms with Crippen LogP contribution in [0.5, 0.6) is 0 Å². The number of carbonyl (C=O) groups excluding carboxylic acids is 2. The molecular weight excluding hydrogens is 363 g/mol. The van der Waals surface area contributed by atoms with Crippen molar-refractivity contribution in [2.24, 2.45) is 5.92 Å². The van der Waals surface area contributed by atoms with Crippen molar-refractivity contribution in [3.63, 3.8) is 0 Å². The topological polar surface area (TPSA) is 86.7 Å². The van der Waals surface area contributed by atoms with E-state index in [2.05, 4.69) is 5.32 Å². The summed E-state index contributed by atoms with van der Waals surface area (Å²) in [5, 5.41) is 11.8. The van der Waals surface area contributed by atoms with Crippen LogP contribution in [0.1, 0.15) is 30.9 Å². The Labute approximate surface area is 162 Å². The first-order valence-corrected chi connectivity index (χ1v) is 9.10. The number of halogens is 1. The van der Waals surface area contributed by atoms with E-state index in [1.807, 2.05) is 30.3 Å². The number of anilines is 1. The van der Waals surface area contributed by atoms with Crippen molar-refractivity contribution in [3.8, 4) is 0 Å². The van der Waals surface area contributed by atoms with Crippen molar-refractivity contribution in [1.82, 2.24) is 5.32 Å². The van der Waals surface area contributed by atoms with E-state index in [4.69, 9.17) is 5.11 Å². The summed E-state index contributed by atoms with van der Waals surface area (Å²) >= 11 is 0. The Bertz CT molecular complexity index is 854. The van der Waals surface area contributed by atoms with Crippen LogP contribution in [0.25, 0.3) is 0 Å². The molecule has 0 aliphatic carbocycles. The molecule has 1 aliphatic rings. The van der Waals surface area contributed by atoms with Gasteiger partial charge in [0.05, 0.1) is 6.04 Å². The van der Waals surface area contributed by atoms with E-state index in [-0.39, 0.29) is 18.7 Å². The Morgan fingerprint density at radius 3 is 2.46 bits per heavy atom. The molecule has 28 heavy (non-hydrogen) atoms. The number of hydrogen-bond donors (Lipinski definition) is 2. The van der Waals surface area contributed by atoms with Crippen LogP contribution >= 0.6 is 0 Å². The zero-order chi connectivity index (χ0) is 20.1. The monoisotopic (exact) mass is 384 g/mol. The Morgan fingerprint density at radius 1 is 1.14 bits per heavy atom. The average Bonchev–Trinajstić information content (AvgIpc) is 3.07. The quantitative estimate of drug-likeness (QED) is 0.719. The van der Waals surface area contributed by atoms with Crippen molar-refractivity contribution >= 4 is 23.5 Å². The molecule has 1 fully saturated rings. The molecule has 2 unspecified atom stereocenters. The lowest BCUT2D eigenvalue weighted by molar-refractivity contribution is -0.138. The number of carboxylic acids is 1. The van der Waals surface area contributed by atoms with E-state index in [0.717, 1.165) is 5.56 Å². The number of amides is 2. The number of nitrogens with zero attached hydrogens (tertiary/aromatic N) is 1. The zero-order valence-corrected chi connectivity index (χ0v) is 15.2.